The Bertz CT molecular complexity index is 832. The lowest BCUT2D eigenvalue weighted by molar-refractivity contribution is 0.182. The van der Waals surface area contributed by atoms with Gasteiger partial charge in [0.25, 0.3) is 0 Å². The second kappa shape index (κ2) is 6.54. The fraction of sp³-hybridized carbons (Fsp3) is 0.438. The van der Waals surface area contributed by atoms with Gasteiger partial charge in [0.15, 0.2) is 0 Å². The number of anilines is 1. The lowest BCUT2D eigenvalue weighted by atomic mass is 10.0. The van der Waals surface area contributed by atoms with Crippen molar-refractivity contribution in [3.8, 4) is 0 Å². The van der Waals surface area contributed by atoms with Crippen molar-refractivity contribution >= 4 is 15.7 Å². The van der Waals surface area contributed by atoms with E-state index >= 15 is 0 Å². The quantitative estimate of drug-likeness (QED) is 0.833. The van der Waals surface area contributed by atoms with Crippen LogP contribution in [0.3, 0.4) is 0 Å². The third-order valence-electron chi connectivity index (χ3n) is 4.29. The Balaban J connectivity index is 1.74. The second-order valence-electron chi connectivity index (χ2n) is 6.13. The molecular weight excluding hydrogens is 328 g/mol. The first-order chi connectivity index (χ1) is 11.4. The van der Waals surface area contributed by atoms with Crippen LogP contribution in [0.2, 0.25) is 0 Å². The SMILES string of the molecule is CN1CCCc2ccc(S(=O)(=O)NCC(O)c3cnn(C)c3)cc21. The number of aliphatic hydroxyl groups excluding tert-OH is 1. The van der Waals surface area contributed by atoms with Gasteiger partial charge in [-0.1, -0.05) is 6.07 Å². The largest absolute Gasteiger partial charge is 0.387 e. The Morgan fingerprint density at radius 1 is 1.38 bits per heavy atom. The molecule has 0 saturated heterocycles. The highest BCUT2D eigenvalue weighted by molar-refractivity contribution is 7.89. The molecule has 1 atom stereocenters. The molecule has 8 heteroatoms. The average molecular weight is 350 g/mol. The zero-order valence-electron chi connectivity index (χ0n) is 13.8. The summed E-state index contributed by atoms with van der Waals surface area (Å²) in [7, 11) is 0.0290. The highest BCUT2D eigenvalue weighted by atomic mass is 32.2. The van der Waals surface area contributed by atoms with Crippen molar-refractivity contribution in [2.24, 2.45) is 7.05 Å². The van der Waals surface area contributed by atoms with E-state index in [0.29, 0.717) is 5.56 Å². The molecule has 0 bridgehead atoms. The van der Waals surface area contributed by atoms with Crippen LogP contribution in [0, 0.1) is 0 Å². The fourth-order valence-corrected chi connectivity index (χ4v) is 3.96. The van der Waals surface area contributed by atoms with Crippen molar-refractivity contribution < 1.29 is 13.5 Å². The van der Waals surface area contributed by atoms with Crippen molar-refractivity contribution in [3.05, 3.63) is 41.7 Å². The Kier molecular flexibility index (Phi) is 4.62. The molecule has 130 valence electrons. The van der Waals surface area contributed by atoms with E-state index in [2.05, 4.69) is 14.7 Å². The molecule has 1 aliphatic rings. The topological polar surface area (TPSA) is 87.5 Å². The van der Waals surface area contributed by atoms with Gasteiger partial charge in [0, 0.05) is 44.6 Å². The lowest BCUT2D eigenvalue weighted by Crippen LogP contribution is -2.29. The van der Waals surface area contributed by atoms with E-state index in [1.54, 1.807) is 30.1 Å². The van der Waals surface area contributed by atoms with Crippen LogP contribution in [0.25, 0.3) is 0 Å². The van der Waals surface area contributed by atoms with Gasteiger partial charge in [0.1, 0.15) is 0 Å². The van der Waals surface area contributed by atoms with Gasteiger partial charge in [-0.15, -0.1) is 0 Å². The second-order valence-corrected chi connectivity index (χ2v) is 7.90. The molecule has 2 N–H and O–H groups in total. The molecule has 0 radical (unpaired) electrons. The molecule has 0 fully saturated rings. The monoisotopic (exact) mass is 350 g/mol. The number of sulfonamides is 1. The molecule has 2 aromatic rings. The first-order valence-electron chi connectivity index (χ1n) is 7.87. The van der Waals surface area contributed by atoms with Crippen molar-refractivity contribution in [1.29, 1.82) is 0 Å². The van der Waals surface area contributed by atoms with Gasteiger partial charge in [-0.3, -0.25) is 4.68 Å². The molecular formula is C16H22N4O3S. The molecule has 0 saturated carbocycles. The maximum atomic E-state index is 12.5. The van der Waals surface area contributed by atoms with E-state index in [1.807, 2.05) is 13.1 Å². The average Bonchev–Trinajstić information content (AvgIpc) is 2.99. The van der Waals surface area contributed by atoms with E-state index in [9.17, 15) is 13.5 Å². The van der Waals surface area contributed by atoms with Crippen LogP contribution in [-0.4, -0.2) is 43.4 Å². The zero-order chi connectivity index (χ0) is 17.3. The van der Waals surface area contributed by atoms with Gasteiger partial charge in [0.2, 0.25) is 10.0 Å². The van der Waals surface area contributed by atoms with Gasteiger partial charge in [-0.05, 0) is 30.5 Å². The van der Waals surface area contributed by atoms with Crippen molar-refractivity contribution in [1.82, 2.24) is 14.5 Å². The van der Waals surface area contributed by atoms with E-state index < -0.39 is 16.1 Å². The van der Waals surface area contributed by atoms with E-state index in [0.717, 1.165) is 30.6 Å². The van der Waals surface area contributed by atoms with Crippen molar-refractivity contribution in [2.75, 3.05) is 25.0 Å². The number of hydrogen-bond acceptors (Lipinski definition) is 5. The third kappa shape index (κ3) is 3.45. The fourth-order valence-electron chi connectivity index (χ4n) is 2.91. The number of aliphatic hydroxyl groups is 1. The lowest BCUT2D eigenvalue weighted by Gasteiger charge is -2.27. The molecule has 1 unspecified atom stereocenters. The molecule has 2 heterocycles. The third-order valence-corrected chi connectivity index (χ3v) is 5.72. The van der Waals surface area contributed by atoms with Gasteiger partial charge in [0.05, 0.1) is 17.2 Å². The van der Waals surface area contributed by atoms with Crippen LogP contribution in [0.15, 0.2) is 35.5 Å². The Morgan fingerprint density at radius 2 is 2.17 bits per heavy atom. The van der Waals surface area contributed by atoms with E-state index in [1.165, 1.54) is 6.20 Å². The zero-order valence-corrected chi connectivity index (χ0v) is 14.6. The van der Waals surface area contributed by atoms with Gasteiger partial charge in [-0.2, -0.15) is 5.10 Å². The maximum absolute atomic E-state index is 12.5. The summed E-state index contributed by atoms with van der Waals surface area (Å²) >= 11 is 0. The Morgan fingerprint density at radius 3 is 2.88 bits per heavy atom. The predicted octanol–water partition coefficient (Wildman–Crippen LogP) is 0.814. The Labute approximate surface area is 142 Å². The van der Waals surface area contributed by atoms with Crippen LogP contribution >= 0.6 is 0 Å². The van der Waals surface area contributed by atoms with E-state index in [-0.39, 0.29) is 11.4 Å². The number of hydrogen-bond donors (Lipinski definition) is 2. The minimum absolute atomic E-state index is 0.0963. The van der Waals surface area contributed by atoms with Crippen LogP contribution in [0.4, 0.5) is 5.69 Å². The molecule has 0 amide bonds. The predicted molar refractivity (Wildman–Crippen MR) is 91.4 cm³/mol. The summed E-state index contributed by atoms with van der Waals surface area (Å²) < 4.78 is 29.0. The summed E-state index contributed by atoms with van der Waals surface area (Å²) in [6, 6.07) is 5.20. The molecule has 1 aromatic heterocycles. The van der Waals surface area contributed by atoms with Gasteiger partial charge >= 0.3 is 0 Å². The molecule has 0 aliphatic carbocycles. The number of aryl methyl sites for hydroxylation is 2. The van der Waals surface area contributed by atoms with Crippen LogP contribution < -0.4 is 9.62 Å². The number of aromatic nitrogens is 2. The highest BCUT2D eigenvalue weighted by Crippen LogP contribution is 2.28. The Hall–Kier alpha value is -1.90. The van der Waals surface area contributed by atoms with Gasteiger partial charge < -0.3 is 10.0 Å². The number of benzene rings is 1. The number of rotatable bonds is 5. The minimum atomic E-state index is -3.68. The summed E-state index contributed by atoms with van der Waals surface area (Å²) in [6.45, 7) is 0.824. The highest BCUT2D eigenvalue weighted by Gasteiger charge is 2.21. The molecule has 1 aliphatic heterocycles. The normalized spacial score (nSPS) is 16.0. The molecule has 3 rings (SSSR count). The van der Waals surface area contributed by atoms with Crippen molar-refractivity contribution in [3.63, 3.8) is 0 Å². The standard InChI is InChI=1S/C16H22N4O3S/c1-19-7-3-4-12-5-6-14(8-15(12)19)24(22,23)18-10-16(21)13-9-17-20(2)11-13/h5-6,8-9,11,16,18,21H,3-4,7,10H2,1-2H3. The van der Waals surface area contributed by atoms with Gasteiger partial charge in [-0.25, -0.2) is 13.1 Å². The summed E-state index contributed by atoms with van der Waals surface area (Å²) in [5.74, 6) is 0. The first kappa shape index (κ1) is 16.9. The minimum Gasteiger partial charge on any atom is -0.387 e. The molecule has 24 heavy (non-hydrogen) atoms. The molecule has 0 spiro atoms. The van der Waals surface area contributed by atoms with E-state index in [4.69, 9.17) is 0 Å². The number of fused-ring (bicyclic) bond motifs is 1. The summed E-state index contributed by atoms with van der Waals surface area (Å²) in [5.41, 5.74) is 2.69. The van der Waals surface area contributed by atoms with Crippen LogP contribution in [0.1, 0.15) is 23.7 Å². The van der Waals surface area contributed by atoms with Crippen LogP contribution in [0.5, 0.6) is 0 Å². The molecule has 7 nitrogen and oxygen atoms in total. The smallest absolute Gasteiger partial charge is 0.240 e. The number of nitrogens with one attached hydrogen (secondary N) is 1. The van der Waals surface area contributed by atoms with Crippen molar-refractivity contribution in [2.45, 2.75) is 23.8 Å². The summed E-state index contributed by atoms with van der Waals surface area (Å²) in [4.78, 5) is 2.29. The number of nitrogens with zero attached hydrogens (tertiary/aromatic N) is 3. The summed E-state index contributed by atoms with van der Waals surface area (Å²) in [5, 5.41) is 14.1. The maximum Gasteiger partial charge on any atom is 0.240 e. The first-order valence-corrected chi connectivity index (χ1v) is 9.35. The summed E-state index contributed by atoms with van der Waals surface area (Å²) in [6.07, 6.45) is 4.28. The van der Waals surface area contributed by atoms with Crippen LogP contribution in [-0.2, 0) is 23.5 Å². The molecule has 1 aromatic carbocycles.